The first-order chi connectivity index (χ1) is 6.56. The number of nitrogens with zero attached hydrogens (tertiary/aromatic N) is 2. The number of nitrogens with two attached hydrogens (primary N) is 1. The molecule has 4 nitrogen and oxygen atoms in total. The summed E-state index contributed by atoms with van der Waals surface area (Å²) in [5, 5.41) is 0. The Morgan fingerprint density at radius 3 is 2.43 bits per heavy atom. The van der Waals surface area contributed by atoms with Gasteiger partial charge < -0.3 is 10.5 Å². The van der Waals surface area contributed by atoms with Gasteiger partial charge in [-0.1, -0.05) is 20.8 Å². The van der Waals surface area contributed by atoms with Crippen LogP contribution in [0.5, 0.6) is 5.75 Å². The third kappa shape index (κ3) is 2.13. The molecule has 78 valence electrons. The number of hydrogen-bond donors (Lipinski definition) is 1. The Bertz CT molecular complexity index is 312. The van der Waals surface area contributed by atoms with E-state index >= 15 is 0 Å². The molecule has 0 aliphatic heterocycles. The lowest BCUT2D eigenvalue weighted by atomic mass is 9.97. The number of methoxy groups -OCH3 is 1. The van der Waals surface area contributed by atoms with Gasteiger partial charge in [0.25, 0.3) is 0 Å². The van der Waals surface area contributed by atoms with Crippen LogP contribution < -0.4 is 10.5 Å². The minimum absolute atomic E-state index is 0.309. The summed E-state index contributed by atoms with van der Waals surface area (Å²) in [5.74, 6) is 2.53. The van der Waals surface area contributed by atoms with E-state index in [0.717, 1.165) is 5.82 Å². The summed E-state index contributed by atoms with van der Waals surface area (Å²) >= 11 is 0. The van der Waals surface area contributed by atoms with Gasteiger partial charge in [0.15, 0.2) is 11.6 Å². The minimum atomic E-state index is 0.309. The van der Waals surface area contributed by atoms with Crippen molar-refractivity contribution in [2.75, 3.05) is 12.8 Å². The van der Waals surface area contributed by atoms with Crippen LogP contribution in [0.4, 0.5) is 5.82 Å². The molecule has 1 atom stereocenters. The van der Waals surface area contributed by atoms with Crippen LogP contribution in [0.2, 0.25) is 0 Å². The number of nitrogen functional groups attached to an aromatic ring is 1. The molecule has 0 amide bonds. The van der Waals surface area contributed by atoms with Gasteiger partial charge in [-0.05, 0) is 5.92 Å². The van der Waals surface area contributed by atoms with Gasteiger partial charge in [-0.2, -0.15) is 0 Å². The number of rotatable bonds is 3. The van der Waals surface area contributed by atoms with Crippen LogP contribution in [0.15, 0.2) is 6.20 Å². The molecule has 0 aliphatic carbocycles. The molecule has 0 aliphatic rings. The lowest BCUT2D eigenvalue weighted by Gasteiger charge is -2.14. The van der Waals surface area contributed by atoms with Gasteiger partial charge >= 0.3 is 0 Å². The molecule has 0 fully saturated rings. The predicted octanol–water partition coefficient (Wildman–Crippen LogP) is 1.83. The summed E-state index contributed by atoms with van der Waals surface area (Å²) < 4.78 is 4.99. The molecular weight excluding hydrogens is 178 g/mol. The highest BCUT2D eigenvalue weighted by molar-refractivity contribution is 5.43. The molecule has 0 saturated carbocycles. The summed E-state index contributed by atoms with van der Waals surface area (Å²) in [6.45, 7) is 6.36. The molecule has 0 saturated heterocycles. The van der Waals surface area contributed by atoms with Crippen molar-refractivity contribution in [2.24, 2.45) is 5.92 Å². The Labute approximate surface area is 84.5 Å². The topological polar surface area (TPSA) is 61.0 Å². The second-order valence-electron chi connectivity index (χ2n) is 3.71. The Morgan fingerprint density at radius 1 is 1.36 bits per heavy atom. The zero-order valence-electron chi connectivity index (χ0n) is 9.11. The zero-order valence-corrected chi connectivity index (χ0v) is 9.11. The average Bonchev–Trinajstić information content (AvgIpc) is 2.16. The van der Waals surface area contributed by atoms with E-state index in [9.17, 15) is 0 Å². The van der Waals surface area contributed by atoms with Gasteiger partial charge in [0.1, 0.15) is 5.82 Å². The fraction of sp³-hybridized carbons (Fsp3) is 0.600. The summed E-state index contributed by atoms with van der Waals surface area (Å²) in [7, 11) is 1.56. The maximum Gasteiger partial charge on any atom is 0.179 e. The Kier molecular flexibility index (Phi) is 3.28. The Hall–Kier alpha value is -1.32. The van der Waals surface area contributed by atoms with E-state index in [4.69, 9.17) is 10.5 Å². The fourth-order valence-corrected chi connectivity index (χ4v) is 1.07. The summed E-state index contributed by atoms with van der Waals surface area (Å²) in [5.41, 5.74) is 5.69. The largest absolute Gasteiger partial charge is 0.491 e. The number of anilines is 1. The second kappa shape index (κ2) is 4.26. The number of ether oxygens (including phenoxy) is 1. The summed E-state index contributed by atoms with van der Waals surface area (Å²) in [4.78, 5) is 8.42. The van der Waals surface area contributed by atoms with Crippen molar-refractivity contribution < 1.29 is 4.74 Å². The third-order valence-corrected chi connectivity index (χ3v) is 2.43. The number of aromatic nitrogens is 2. The number of hydrogen-bond acceptors (Lipinski definition) is 4. The molecule has 0 spiro atoms. The SMILES string of the molecule is COc1cnc(C(C)C(C)C)nc1N. The van der Waals surface area contributed by atoms with E-state index in [1.807, 2.05) is 0 Å². The molecule has 14 heavy (non-hydrogen) atoms. The van der Waals surface area contributed by atoms with E-state index in [-0.39, 0.29) is 0 Å². The maximum atomic E-state index is 5.69. The molecule has 4 heteroatoms. The first-order valence-corrected chi connectivity index (χ1v) is 4.72. The van der Waals surface area contributed by atoms with Crippen molar-refractivity contribution in [3.63, 3.8) is 0 Å². The van der Waals surface area contributed by atoms with Gasteiger partial charge in [-0.3, -0.25) is 0 Å². The quantitative estimate of drug-likeness (QED) is 0.799. The Morgan fingerprint density at radius 2 is 2.00 bits per heavy atom. The van der Waals surface area contributed by atoms with Gasteiger partial charge in [0.05, 0.1) is 13.3 Å². The second-order valence-corrected chi connectivity index (χ2v) is 3.71. The lowest BCUT2D eigenvalue weighted by Crippen LogP contribution is -2.09. The van der Waals surface area contributed by atoms with E-state index in [1.54, 1.807) is 13.3 Å². The molecular formula is C10H17N3O. The molecule has 0 radical (unpaired) electrons. The normalized spacial score (nSPS) is 12.9. The van der Waals surface area contributed by atoms with Crippen LogP contribution in [-0.4, -0.2) is 17.1 Å². The molecule has 0 aromatic carbocycles. The molecule has 1 aromatic heterocycles. The highest BCUT2D eigenvalue weighted by atomic mass is 16.5. The summed E-state index contributed by atoms with van der Waals surface area (Å²) in [6, 6.07) is 0. The first-order valence-electron chi connectivity index (χ1n) is 4.72. The zero-order chi connectivity index (χ0) is 10.7. The van der Waals surface area contributed by atoms with Crippen LogP contribution >= 0.6 is 0 Å². The van der Waals surface area contributed by atoms with E-state index in [1.165, 1.54) is 0 Å². The molecule has 1 heterocycles. The van der Waals surface area contributed by atoms with Crippen molar-refractivity contribution >= 4 is 5.82 Å². The maximum absolute atomic E-state index is 5.69. The van der Waals surface area contributed by atoms with Crippen LogP contribution in [0.1, 0.15) is 32.5 Å². The van der Waals surface area contributed by atoms with Crippen LogP contribution in [0.3, 0.4) is 0 Å². The molecule has 1 rings (SSSR count). The van der Waals surface area contributed by atoms with Crippen molar-refractivity contribution in [3.8, 4) is 5.75 Å². The van der Waals surface area contributed by atoms with Crippen LogP contribution in [0, 0.1) is 5.92 Å². The monoisotopic (exact) mass is 195 g/mol. The van der Waals surface area contributed by atoms with Crippen molar-refractivity contribution in [3.05, 3.63) is 12.0 Å². The molecule has 1 aromatic rings. The van der Waals surface area contributed by atoms with Gasteiger partial charge in [0.2, 0.25) is 0 Å². The smallest absolute Gasteiger partial charge is 0.179 e. The standard InChI is InChI=1S/C10H17N3O/c1-6(2)7(3)10-12-5-8(14-4)9(11)13-10/h5-7H,1-4H3,(H2,11,12,13). The van der Waals surface area contributed by atoms with Crippen molar-refractivity contribution in [2.45, 2.75) is 26.7 Å². The lowest BCUT2D eigenvalue weighted by molar-refractivity contribution is 0.410. The van der Waals surface area contributed by atoms with E-state index in [0.29, 0.717) is 23.4 Å². The minimum Gasteiger partial charge on any atom is -0.491 e. The van der Waals surface area contributed by atoms with Crippen LogP contribution in [0.25, 0.3) is 0 Å². The van der Waals surface area contributed by atoms with Gasteiger partial charge in [-0.15, -0.1) is 0 Å². The Balaban J connectivity index is 2.96. The van der Waals surface area contributed by atoms with Crippen molar-refractivity contribution in [1.29, 1.82) is 0 Å². The molecule has 1 unspecified atom stereocenters. The highest BCUT2D eigenvalue weighted by Gasteiger charge is 2.14. The fourth-order valence-electron chi connectivity index (χ4n) is 1.07. The van der Waals surface area contributed by atoms with Crippen molar-refractivity contribution in [1.82, 2.24) is 9.97 Å². The molecule has 0 bridgehead atoms. The van der Waals surface area contributed by atoms with E-state index < -0.39 is 0 Å². The van der Waals surface area contributed by atoms with Gasteiger partial charge in [-0.25, -0.2) is 9.97 Å². The highest BCUT2D eigenvalue weighted by Crippen LogP contribution is 2.24. The first kappa shape index (κ1) is 10.8. The predicted molar refractivity (Wildman–Crippen MR) is 56.2 cm³/mol. The molecule has 2 N–H and O–H groups in total. The summed E-state index contributed by atoms with van der Waals surface area (Å²) in [6.07, 6.45) is 1.62. The van der Waals surface area contributed by atoms with Gasteiger partial charge in [0, 0.05) is 5.92 Å². The average molecular weight is 195 g/mol. The van der Waals surface area contributed by atoms with Crippen LogP contribution in [-0.2, 0) is 0 Å². The third-order valence-electron chi connectivity index (χ3n) is 2.43. The van der Waals surface area contributed by atoms with E-state index in [2.05, 4.69) is 30.7 Å².